The minimum absolute atomic E-state index is 0.0874. The average molecular weight is 391 g/mol. The molecule has 3 rings (SSSR count). The van der Waals surface area contributed by atoms with Crippen LogP contribution in [0.1, 0.15) is 22.7 Å². The molecule has 0 fully saturated rings. The maximum Gasteiger partial charge on any atom is 0.280 e. The summed E-state index contributed by atoms with van der Waals surface area (Å²) < 4.78 is 5.09. The zero-order valence-corrected chi connectivity index (χ0v) is 16.2. The first kappa shape index (κ1) is 20.0. The first-order valence-corrected chi connectivity index (χ1v) is 9.02. The van der Waals surface area contributed by atoms with Gasteiger partial charge in [-0.2, -0.15) is 0 Å². The molecule has 1 heterocycles. The van der Waals surface area contributed by atoms with Gasteiger partial charge in [0.2, 0.25) is 5.91 Å². The smallest absolute Gasteiger partial charge is 0.280 e. The lowest BCUT2D eigenvalue weighted by Gasteiger charge is -2.14. The summed E-state index contributed by atoms with van der Waals surface area (Å²) in [5, 5.41) is 11.5. The van der Waals surface area contributed by atoms with Gasteiger partial charge >= 0.3 is 0 Å². The van der Waals surface area contributed by atoms with Gasteiger partial charge in [-0.1, -0.05) is 29.8 Å². The highest BCUT2D eigenvalue weighted by atomic mass is 16.6. The predicted molar refractivity (Wildman–Crippen MR) is 110 cm³/mol. The number of nitrogens with two attached hydrogens (primary N) is 1. The summed E-state index contributed by atoms with van der Waals surface area (Å²) in [6.45, 7) is 1.99. The van der Waals surface area contributed by atoms with Gasteiger partial charge in [0.1, 0.15) is 5.75 Å². The molecule has 0 saturated heterocycles. The number of amides is 1. The van der Waals surface area contributed by atoms with Gasteiger partial charge in [0, 0.05) is 6.20 Å². The van der Waals surface area contributed by atoms with Gasteiger partial charge in [0.25, 0.3) is 5.69 Å². The molecule has 0 aliphatic rings. The van der Waals surface area contributed by atoms with Crippen LogP contribution in [0.5, 0.6) is 5.75 Å². The van der Waals surface area contributed by atoms with E-state index in [0.717, 1.165) is 11.1 Å². The van der Waals surface area contributed by atoms with Crippen LogP contribution in [0.15, 0.2) is 60.8 Å². The molecule has 1 atom stereocenters. The van der Waals surface area contributed by atoms with Crippen molar-refractivity contribution in [3.63, 3.8) is 0 Å². The largest absolute Gasteiger partial charge is 0.497 e. The monoisotopic (exact) mass is 391 g/mol. The summed E-state index contributed by atoms with van der Waals surface area (Å²) in [5.74, 6) is -0.751. The Morgan fingerprint density at radius 2 is 1.90 bits per heavy atom. The lowest BCUT2D eigenvalue weighted by Crippen LogP contribution is -2.24. The highest BCUT2D eigenvalue weighted by Crippen LogP contribution is 2.34. The Morgan fingerprint density at radius 1 is 1.17 bits per heavy atom. The second-order valence-electron chi connectivity index (χ2n) is 6.75. The van der Waals surface area contributed by atoms with Crippen LogP contribution in [0.4, 0.5) is 5.69 Å². The number of hydrogen-bond acceptors (Lipinski definition) is 5. The van der Waals surface area contributed by atoms with Gasteiger partial charge in [-0.05, 0) is 48.7 Å². The van der Waals surface area contributed by atoms with E-state index >= 15 is 0 Å². The van der Waals surface area contributed by atoms with Crippen molar-refractivity contribution in [1.29, 1.82) is 0 Å². The summed E-state index contributed by atoms with van der Waals surface area (Å²) in [6.07, 6.45) is 1.93. The molecule has 0 spiro atoms. The van der Waals surface area contributed by atoms with Crippen LogP contribution in [-0.4, -0.2) is 22.9 Å². The van der Waals surface area contributed by atoms with Crippen molar-refractivity contribution in [2.24, 2.45) is 5.73 Å². The van der Waals surface area contributed by atoms with E-state index in [9.17, 15) is 14.9 Å². The van der Waals surface area contributed by atoms with Gasteiger partial charge in [-0.3, -0.25) is 19.9 Å². The van der Waals surface area contributed by atoms with E-state index < -0.39 is 16.7 Å². The van der Waals surface area contributed by atoms with Crippen molar-refractivity contribution in [1.82, 2.24) is 4.98 Å². The van der Waals surface area contributed by atoms with E-state index in [1.165, 1.54) is 19.4 Å². The third-order valence-corrected chi connectivity index (χ3v) is 4.75. The summed E-state index contributed by atoms with van der Waals surface area (Å²) in [5.41, 5.74) is 9.11. The normalized spacial score (nSPS) is 11.7. The van der Waals surface area contributed by atoms with Gasteiger partial charge in [-0.25, -0.2) is 0 Å². The van der Waals surface area contributed by atoms with Crippen molar-refractivity contribution < 1.29 is 14.5 Å². The number of pyridine rings is 1. The lowest BCUT2D eigenvalue weighted by molar-refractivity contribution is -0.384. The molecule has 0 bridgehead atoms. The highest BCUT2D eigenvalue weighted by molar-refractivity contribution is 5.83. The van der Waals surface area contributed by atoms with Crippen LogP contribution in [0.25, 0.3) is 11.1 Å². The Balaban J connectivity index is 2.00. The number of rotatable bonds is 7. The Morgan fingerprint density at radius 3 is 2.52 bits per heavy atom. The molecule has 0 saturated carbocycles. The Kier molecular flexibility index (Phi) is 5.87. The number of nitro benzene ring substituents is 1. The molecule has 0 aliphatic carbocycles. The van der Waals surface area contributed by atoms with E-state index in [0.29, 0.717) is 29.0 Å². The average Bonchev–Trinajstić information content (AvgIpc) is 2.72. The molecule has 1 aromatic heterocycles. The zero-order chi connectivity index (χ0) is 21.0. The summed E-state index contributed by atoms with van der Waals surface area (Å²) >= 11 is 0. The summed E-state index contributed by atoms with van der Waals surface area (Å²) in [7, 11) is 1.45. The van der Waals surface area contributed by atoms with E-state index in [1.54, 1.807) is 24.3 Å². The summed E-state index contributed by atoms with van der Waals surface area (Å²) in [6, 6.07) is 15.8. The molecular formula is C22H21N3O4. The van der Waals surface area contributed by atoms with Crippen LogP contribution in [0.3, 0.4) is 0 Å². The Bertz CT molecular complexity index is 1050. The van der Waals surface area contributed by atoms with Gasteiger partial charge in [0.05, 0.1) is 35.3 Å². The molecular weight excluding hydrogens is 370 g/mol. The molecule has 1 amide bonds. The number of aromatic nitrogens is 1. The quantitative estimate of drug-likeness (QED) is 0.487. The van der Waals surface area contributed by atoms with E-state index in [-0.39, 0.29) is 5.69 Å². The number of nitro groups is 1. The fourth-order valence-electron chi connectivity index (χ4n) is 3.15. The number of benzene rings is 2. The third kappa shape index (κ3) is 4.57. The predicted octanol–water partition coefficient (Wildman–Crippen LogP) is 3.79. The minimum Gasteiger partial charge on any atom is -0.497 e. The number of aryl methyl sites for hydroxylation is 1. The number of carbonyl (C=O) groups is 1. The van der Waals surface area contributed by atoms with Crippen LogP contribution in [-0.2, 0) is 11.2 Å². The molecule has 3 aromatic rings. The molecule has 2 N–H and O–H groups in total. The van der Waals surface area contributed by atoms with Crippen molar-refractivity contribution in [2.75, 3.05) is 7.11 Å². The SMILES string of the molecule is COc1ccc(-c2ccnc(C(Cc3ccc(C)cc3)C(N)=O)c2)c([N+](=O)[O-])c1. The van der Waals surface area contributed by atoms with E-state index in [2.05, 4.69) is 4.98 Å². The van der Waals surface area contributed by atoms with Crippen LogP contribution in [0, 0.1) is 17.0 Å². The molecule has 29 heavy (non-hydrogen) atoms. The van der Waals surface area contributed by atoms with Crippen molar-refractivity contribution in [3.05, 3.63) is 87.7 Å². The summed E-state index contributed by atoms with van der Waals surface area (Å²) in [4.78, 5) is 27.5. The first-order chi connectivity index (χ1) is 13.9. The molecule has 148 valence electrons. The minimum atomic E-state index is -0.644. The van der Waals surface area contributed by atoms with Crippen molar-refractivity contribution in [2.45, 2.75) is 19.3 Å². The maximum atomic E-state index is 12.1. The number of nitrogens with zero attached hydrogens (tertiary/aromatic N) is 2. The van der Waals surface area contributed by atoms with Crippen molar-refractivity contribution in [3.8, 4) is 16.9 Å². The number of ether oxygens (including phenoxy) is 1. The first-order valence-electron chi connectivity index (χ1n) is 9.02. The fraction of sp³-hybridized carbons (Fsp3) is 0.182. The molecule has 7 nitrogen and oxygen atoms in total. The fourth-order valence-corrected chi connectivity index (χ4v) is 3.15. The van der Waals surface area contributed by atoms with E-state index in [1.807, 2.05) is 31.2 Å². The Labute approximate surface area is 168 Å². The topological polar surface area (TPSA) is 108 Å². The molecule has 2 aromatic carbocycles. The van der Waals surface area contributed by atoms with Crippen LogP contribution in [0.2, 0.25) is 0 Å². The maximum absolute atomic E-state index is 12.1. The number of primary amides is 1. The van der Waals surface area contributed by atoms with E-state index in [4.69, 9.17) is 10.5 Å². The number of hydrogen-bond donors (Lipinski definition) is 1. The second-order valence-corrected chi connectivity index (χ2v) is 6.75. The lowest BCUT2D eigenvalue weighted by atomic mass is 9.92. The van der Waals surface area contributed by atoms with Gasteiger partial charge < -0.3 is 10.5 Å². The standard InChI is InChI=1S/C22H21N3O4/c1-14-3-5-15(6-4-14)11-19(22(23)26)20-12-16(9-10-24-20)18-8-7-17(29-2)13-21(18)25(27)28/h3-10,12-13,19H,11H2,1-2H3,(H2,23,26). The molecule has 0 radical (unpaired) electrons. The third-order valence-electron chi connectivity index (χ3n) is 4.75. The molecule has 1 unspecified atom stereocenters. The highest BCUT2D eigenvalue weighted by Gasteiger charge is 2.22. The number of methoxy groups -OCH3 is 1. The van der Waals surface area contributed by atoms with Crippen LogP contribution < -0.4 is 10.5 Å². The van der Waals surface area contributed by atoms with Crippen LogP contribution >= 0.6 is 0 Å². The van der Waals surface area contributed by atoms with Gasteiger partial charge in [0.15, 0.2) is 0 Å². The molecule has 7 heteroatoms. The second kappa shape index (κ2) is 8.52. The number of carbonyl (C=O) groups excluding carboxylic acids is 1. The van der Waals surface area contributed by atoms with Gasteiger partial charge in [-0.15, -0.1) is 0 Å². The Hall–Kier alpha value is -3.74. The molecule has 0 aliphatic heterocycles. The zero-order valence-electron chi connectivity index (χ0n) is 16.2. The van der Waals surface area contributed by atoms with Crippen molar-refractivity contribution >= 4 is 11.6 Å².